The van der Waals surface area contributed by atoms with Gasteiger partial charge in [0.25, 0.3) is 5.69 Å². The number of benzene rings is 2. The molecule has 7 nitrogen and oxygen atoms in total. The van der Waals surface area contributed by atoms with E-state index >= 15 is 0 Å². The highest BCUT2D eigenvalue weighted by Crippen LogP contribution is 2.21. The van der Waals surface area contributed by atoms with Crippen molar-refractivity contribution < 1.29 is 18.2 Å². The van der Waals surface area contributed by atoms with Crippen molar-refractivity contribution in [1.29, 1.82) is 0 Å². The van der Waals surface area contributed by atoms with E-state index in [0.29, 0.717) is 26.2 Å². The Kier molecular flexibility index (Phi) is 6.15. The zero-order valence-electron chi connectivity index (χ0n) is 15.0. The number of thioether (sulfide) groups is 1. The summed E-state index contributed by atoms with van der Waals surface area (Å²) in [6.07, 6.45) is 2.04. The molecule has 2 aromatic carbocycles. The van der Waals surface area contributed by atoms with Crippen LogP contribution in [0.15, 0.2) is 58.3 Å². The van der Waals surface area contributed by atoms with Crippen LogP contribution in [0.5, 0.6) is 0 Å². The summed E-state index contributed by atoms with van der Waals surface area (Å²) in [5, 5.41) is 10.9. The summed E-state index contributed by atoms with van der Waals surface area (Å²) in [7, 11) is -3.71. The van der Waals surface area contributed by atoms with E-state index < -0.39 is 14.9 Å². The molecule has 1 N–H and O–H groups in total. The summed E-state index contributed by atoms with van der Waals surface area (Å²) >= 11 is 1.70. The van der Waals surface area contributed by atoms with Gasteiger partial charge in [0.2, 0.25) is 10.0 Å². The fourth-order valence-corrected chi connectivity index (χ4v) is 5.05. The first-order valence-electron chi connectivity index (χ1n) is 8.61. The first-order chi connectivity index (χ1) is 12.9. The molecule has 1 aliphatic rings. The number of quaternary nitrogens is 1. The monoisotopic (exact) mass is 408 g/mol. The van der Waals surface area contributed by atoms with Crippen molar-refractivity contribution in [3.63, 3.8) is 0 Å². The van der Waals surface area contributed by atoms with E-state index in [2.05, 4.69) is 24.3 Å². The number of nitrogens with zero attached hydrogens (tertiary/aromatic N) is 2. The van der Waals surface area contributed by atoms with E-state index in [-0.39, 0.29) is 10.6 Å². The Morgan fingerprint density at radius 2 is 1.81 bits per heavy atom. The number of nitrogens with one attached hydrogen (secondary N) is 1. The molecular weight excluding hydrogens is 386 g/mol. The lowest BCUT2D eigenvalue weighted by atomic mass is 10.2. The van der Waals surface area contributed by atoms with Crippen molar-refractivity contribution in [2.24, 2.45) is 0 Å². The molecule has 0 spiro atoms. The van der Waals surface area contributed by atoms with Gasteiger partial charge in [-0.25, -0.2) is 8.42 Å². The second kappa shape index (κ2) is 8.39. The number of nitro benzene ring substituents is 1. The van der Waals surface area contributed by atoms with Gasteiger partial charge in [0.1, 0.15) is 6.54 Å². The van der Waals surface area contributed by atoms with E-state index in [1.807, 2.05) is 6.26 Å². The summed E-state index contributed by atoms with van der Waals surface area (Å²) < 4.78 is 27.0. The Hall–Kier alpha value is -1.94. The topological polar surface area (TPSA) is 85.0 Å². The molecule has 3 rings (SSSR count). The third-order valence-corrected chi connectivity index (χ3v) is 7.35. The van der Waals surface area contributed by atoms with Gasteiger partial charge in [0.05, 0.1) is 36.0 Å². The molecule has 27 heavy (non-hydrogen) atoms. The molecule has 144 valence electrons. The van der Waals surface area contributed by atoms with Crippen LogP contribution in [-0.4, -0.2) is 50.1 Å². The summed E-state index contributed by atoms with van der Waals surface area (Å²) in [4.78, 5) is 12.9. The van der Waals surface area contributed by atoms with Gasteiger partial charge in [-0.3, -0.25) is 10.1 Å². The van der Waals surface area contributed by atoms with E-state index in [0.717, 1.165) is 12.6 Å². The minimum absolute atomic E-state index is 0.0206. The third-order valence-electron chi connectivity index (χ3n) is 4.71. The maximum Gasteiger partial charge on any atom is 0.270 e. The van der Waals surface area contributed by atoms with Gasteiger partial charge in [0.15, 0.2) is 0 Å². The van der Waals surface area contributed by atoms with Crippen molar-refractivity contribution in [2.45, 2.75) is 16.3 Å². The van der Waals surface area contributed by atoms with E-state index in [1.54, 1.807) is 11.8 Å². The third kappa shape index (κ3) is 4.67. The number of hydrogen-bond donors (Lipinski definition) is 1. The van der Waals surface area contributed by atoms with E-state index in [4.69, 9.17) is 0 Å². The Balaban J connectivity index is 1.64. The molecule has 9 heteroatoms. The maximum absolute atomic E-state index is 12.8. The molecule has 2 aromatic rings. The van der Waals surface area contributed by atoms with Crippen LogP contribution >= 0.6 is 11.8 Å². The van der Waals surface area contributed by atoms with Gasteiger partial charge in [0, 0.05) is 22.6 Å². The molecule has 1 fully saturated rings. The second-order valence-electron chi connectivity index (χ2n) is 6.43. The summed E-state index contributed by atoms with van der Waals surface area (Å²) in [6, 6.07) is 13.7. The second-order valence-corrected chi connectivity index (χ2v) is 9.25. The van der Waals surface area contributed by atoms with E-state index in [1.165, 1.54) is 37.9 Å². The lowest BCUT2D eigenvalue weighted by Gasteiger charge is -2.31. The molecule has 0 aromatic heterocycles. The Morgan fingerprint density at radius 3 is 2.41 bits per heavy atom. The lowest BCUT2D eigenvalue weighted by molar-refractivity contribution is -0.917. The van der Waals surface area contributed by atoms with Crippen molar-refractivity contribution in [3.05, 3.63) is 64.2 Å². The number of rotatable bonds is 6. The molecule has 0 amide bonds. The fourth-order valence-electron chi connectivity index (χ4n) is 3.16. The maximum atomic E-state index is 12.8. The Labute approximate surface area is 163 Å². The molecule has 0 atom stereocenters. The normalized spacial score (nSPS) is 16.3. The molecule has 1 aliphatic heterocycles. The summed E-state index contributed by atoms with van der Waals surface area (Å²) in [5.41, 5.74) is 1.02. The highest BCUT2D eigenvalue weighted by molar-refractivity contribution is 7.98. The van der Waals surface area contributed by atoms with Gasteiger partial charge in [-0.15, -0.1) is 11.8 Å². The van der Waals surface area contributed by atoms with Crippen LogP contribution in [0.4, 0.5) is 5.69 Å². The number of nitro groups is 1. The van der Waals surface area contributed by atoms with Crippen LogP contribution in [0.1, 0.15) is 5.56 Å². The van der Waals surface area contributed by atoms with Crippen molar-refractivity contribution in [3.8, 4) is 0 Å². The molecule has 0 saturated carbocycles. The predicted octanol–water partition coefficient (Wildman–Crippen LogP) is 1.41. The number of non-ortho nitro benzene ring substituents is 1. The predicted molar refractivity (Wildman–Crippen MR) is 104 cm³/mol. The average molecular weight is 409 g/mol. The highest BCUT2D eigenvalue weighted by atomic mass is 32.2. The van der Waals surface area contributed by atoms with E-state index in [9.17, 15) is 18.5 Å². The van der Waals surface area contributed by atoms with Crippen LogP contribution in [0.2, 0.25) is 0 Å². The fraction of sp³-hybridized carbons (Fsp3) is 0.333. The molecule has 0 bridgehead atoms. The highest BCUT2D eigenvalue weighted by Gasteiger charge is 2.31. The molecular formula is C18H22N3O4S2+. The van der Waals surface area contributed by atoms with Crippen molar-refractivity contribution in [2.75, 3.05) is 32.4 Å². The minimum Gasteiger partial charge on any atom is -0.329 e. The first-order valence-corrected chi connectivity index (χ1v) is 11.3. The van der Waals surface area contributed by atoms with Gasteiger partial charge in [-0.2, -0.15) is 4.31 Å². The van der Waals surface area contributed by atoms with Gasteiger partial charge >= 0.3 is 0 Å². The van der Waals surface area contributed by atoms with Crippen LogP contribution in [0, 0.1) is 10.1 Å². The molecule has 0 aliphatic carbocycles. The van der Waals surface area contributed by atoms with Gasteiger partial charge in [-0.05, 0) is 24.5 Å². The van der Waals surface area contributed by atoms with Gasteiger partial charge in [-0.1, -0.05) is 18.2 Å². The smallest absolute Gasteiger partial charge is 0.270 e. The van der Waals surface area contributed by atoms with Crippen molar-refractivity contribution in [1.82, 2.24) is 4.31 Å². The van der Waals surface area contributed by atoms with Gasteiger partial charge < -0.3 is 4.90 Å². The van der Waals surface area contributed by atoms with Crippen LogP contribution in [-0.2, 0) is 16.6 Å². The zero-order valence-corrected chi connectivity index (χ0v) is 16.6. The molecule has 1 heterocycles. The number of sulfonamides is 1. The standard InChI is InChI=1S/C18H21N3O4S2/c1-26-17-7-5-15(6-8-17)14-19-9-11-20(12-10-19)27(24,25)18-4-2-3-16(13-18)21(22)23/h2-8,13H,9-12,14H2,1H3/p+1. The lowest BCUT2D eigenvalue weighted by Crippen LogP contribution is -3.13. The Morgan fingerprint density at radius 1 is 1.15 bits per heavy atom. The van der Waals surface area contributed by atoms with Crippen molar-refractivity contribution >= 4 is 27.5 Å². The summed E-state index contributed by atoms with van der Waals surface area (Å²) in [5.74, 6) is 0. The van der Waals surface area contributed by atoms with Crippen LogP contribution in [0.3, 0.4) is 0 Å². The summed E-state index contributed by atoms with van der Waals surface area (Å²) in [6.45, 7) is 3.09. The largest absolute Gasteiger partial charge is 0.329 e. The molecule has 0 unspecified atom stereocenters. The quantitative estimate of drug-likeness (QED) is 0.444. The molecule has 0 radical (unpaired) electrons. The minimum atomic E-state index is -3.71. The SMILES string of the molecule is CSc1ccc(C[NH+]2CCN(S(=O)(=O)c3cccc([N+](=O)[O-])c3)CC2)cc1. The molecule has 1 saturated heterocycles. The van der Waals surface area contributed by atoms with Crippen LogP contribution in [0.25, 0.3) is 0 Å². The van der Waals surface area contributed by atoms with Crippen LogP contribution < -0.4 is 4.90 Å². The number of hydrogen-bond acceptors (Lipinski definition) is 5. The first kappa shape index (κ1) is 19.8. The average Bonchev–Trinajstić information content (AvgIpc) is 2.69. The Bertz CT molecular complexity index is 908. The number of piperazine rings is 1. The zero-order chi connectivity index (χ0) is 19.4.